The van der Waals surface area contributed by atoms with Crippen LogP contribution in [0.15, 0.2) is 47.1 Å². The predicted octanol–water partition coefficient (Wildman–Crippen LogP) is 2.46. The van der Waals surface area contributed by atoms with Gasteiger partial charge in [-0.3, -0.25) is 4.98 Å². The molecule has 1 aliphatic rings. The molecule has 110 valence electrons. The maximum Gasteiger partial charge on any atom is 0.122 e. The van der Waals surface area contributed by atoms with Gasteiger partial charge in [-0.05, 0) is 46.1 Å². The standard InChI is InChI=1S/C16H17BrN2O2/c17-12-5-6-13(19-8-12)15(20)16(9-18)7-11-3-1-2-4-14(11)21-10-16/h1-6,8,15,20H,7,9-10,18H2. The van der Waals surface area contributed by atoms with E-state index >= 15 is 0 Å². The smallest absolute Gasteiger partial charge is 0.122 e. The van der Waals surface area contributed by atoms with Gasteiger partial charge < -0.3 is 15.6 Å². The topological polar surface area (TPSA) is 68.4 Å². The molecule has 2 atom stereocenters. The summed E-state index contributed by atoms with van der Waals surface area (Å²) in [6.45, 7) is 0.722. The van der Waals surface area contributed by atoms with Gasteiger partial charge in [0.25, 0.3) is 0 Å². The molecule has 2 heterocycles. The Kier molecular flexibility index (Phi) is 3.97. The van der Waals surface area contributed by atoms with Gasteiger partial charge in [0.2, 0.25) is 0 Å². The molecule has 3 rings (SSSR count). The SMILES string of the molecule is NCC1(C(O)c2ccc(Br)cn2)COc2ccccc2C1. The first-order valence-corrected chi connectivity index (χ1v) is 7.64. The number of rotatable bonds is 3. The molecule has 0 radical (unpaired) electrons. The van der Waals surface area contributed by atoms with Crippen molar-refractivity contribution >= 4 is 15.9 Å². The second-order valence-corrected chi connectivity index (χ2v) is 6.36. The van der Waals surface area contributed by atoms with Gasteiger partial charge in [0.1, 0.15) is 11.9 Å². The minimum absolute atomic E-state index is 0.334. The van der Waals surface area contributed by atoms with Crippen LogP contribution in [-0.4, -0.2) is 23.2 Å². The Morgan fingerprint density at radius 2 is 2.14 bits per heavy atom. The third-order valence-corrected chi connectivity index (χ3v) is 4.52. The van der Waals surface area contributed by atoms with Gasteiger partial charge in [0.15, 0.2) is 0 Å². The second kappa shape index (κ2) is 5.75. The van der Waals surface area contributed by atoms with Gasteiger partial charge in [-0.2, -0.15) is 0 Å². The van der Waals surface area contributed by atoms with Crippen molar-refractivity contribution in [1.82, 2.24) is 4.98 Å². The number of aliphatic hydroxyl groups excluding tert-OH is 1. The number of benzene rings is 1. The lowest BCUT2D eigenvalue weighted by Crippen LogP contribution is -2.46. The van der Waals surface area contributed by atoms with Gasteiger partial charge in [-0.25, -0.2) is 0 Å². The second-order valence-electron chi connectivity index (χ2n) is 5.44. The molecule has 21 heavy (non-hydrogen) atoms. The van der Waals surface area contributed by atoms with Crippen molar-refractivity contribution in [3.8, 4) is 5.75 Å². The van der Waals surface area contributed by atoms with Crippen LogP contribution < -0.4 is 10.5 Å². The fourth-order valence-corrected chi connectivity index (χ4v) is 2.96. The number of aliphatic hydroxyl groups is 1. The molecule has 0 amide bonds. The van der Waals surface area contributed by atoms with Crippen LogP contribution in [-0.2, 0) is 6.42 Å². The van der Waals surface area contributed by atoms with Crippen molar-refractivity contribution in [2.75, 3.05) is 13.2 Å². The maximum absolute atomic E-state index is 10.8. The van der Waals surface area contributed by atoms with Crippen LogP contribution in [0.4, 0.5) is 0 Å². The molecule has 0 saturated carbocycles. The highest BCUT2D eigenvalue weighted by atomic mass is 79.9. The Hall–Kier alpha value is -1.43. The van der Waals surface area contributed by atoms with Crippen LogP contribution in [0.1, 0.15) is 17.4 Å². The fraction of sp³-hybridized carbons (Fsp3) is 0.312. The van der Waals surface area contributed by atoms with Crippen LogP contribution in [0, 0.1) is 5.41 Å². The fourth-order valence-electron chi connectivity index (χ4n) is 2.72. The lowest BCUT2D eigenvalue weighted by molar-refractivity contribution is -0.0185. The molecule has 3 N–H and O–H groups in total. The number of hydrogen-bond acceptors (Lipinski definition) is 4. The molecule has 0 bridgehead atoms. The van der Waals surface area contributed by atoms with Crippen molar-refractivity contribution in [3.05, 3.63) is 58.3 Å². The van der Waals surface area contributed by atoms with Crippen LogP contribution in [0.5, 0.6) is 5.75 Å². The lowest BCUT2D eigenvalue weighted by Gasteiger charge is -2.40. The van der Waals surface area contributed by atoms with Crippen LogP contribution in [0.25, 0.3) is 0 Å². The summed E-state index contributed by atoms with van der Waals surface area (Å²) >= 11 is 3.35. The Labute approximate surface area is 132 Å². The first kappa shape index (κ1) is 14.5. The molecule has 1 aliphatic heterocycles. The van der Waals surface area contributed by atoms with E-state index in [1.165, 1.54) is 0 Å². The minimum atomic E-state index is -0.760. The molecule has 4 nitrogen and oxygen atoms in total. The molecule has 0 aliphatic carbocycles. The van der Waals surface area contributed by atoms with Gasteiger partial charge in [-0.15, -0.1) is 0 Å². The van der Waals surface area contributed by atoms with Crippen molar-refractivity contribution in [1.29, 1.82) is 0 Å². The van der Waals surface area contributed by atoms with E-state index in [-0.39, 0.29) is 0 Å². The molecule has 0 spiro atoms. The number of fused-ring (bicyclic) bond motifs is 1. The van der Waals surface area contributed by atoms with Crippen molar-refractivity contribution in [2.45, 2.75) is 12.5 Å². The van der Waals surface area contributed by atoms with E-state index in [1.807, 2.05) is 36.4 Å². The number of nitrogens with zero attached hydrogens (tertiary/aromatic N) is 1. The minimum Gasteiger partial charge on any atom is -0.493 e. The number of aromatic nitrogens is 1. The van der Waals surface area contributed by atoms with Crippen LogP contribution in [0.3, 0.4) is 0 Å². The van der Waals surface area contributed by atoms with E-state index in [9.17, 15) is 5.11 Å². The number of hydrogen-bond donors (Lipinski definition) is 2. The normalized spacial score (nSPS) is 22.2. The first-order valence-electron chi connectivity index (χ1n) is 6.85. The predicted molar refractivity (Wildman–Crippen MR) is 84.0 cm³/mol. The largest absolute Gasteiger partial charge is 0.493 e. The Bertz CT molecular complexity index is 632. The molecule has 2 aromatic rings. The molecule has 0 fully saturated rings. The number of ether oxygens (including phenoxy) is 1. The van der Waals surface area contributed by atoms with Crippen LogP contribution in [0.2, 0.25) is 0 Å². The molecule has 1 aromatic carbocycles. The van der Waals surface area contributed by atoms with E-state index < -0.39 is 11.5 Å². The number of halogens is 1. The maximum atomic E-state index is 10.8. The zero-order valence-electron chi connectivity index (χ0n) is 11.5. The molecular weight excluding hydrogens is 332 g/mol. The quantitative estimate of drug-likeness (QED) is 0.893. The highest BCUT2D eigenvalue weighted by molar-refractivity contribution is 9.10. The van der Waals surface area contributed by atoms with Gasteiger partial charge in [-0.1, -0.05) is 18.2 Å². The average Bonchev–Trinajstić information content (AvgIpc) is 2.54. The van der Waals surface area contributed by atoms with Crippen molar-refractivity contribution in [3.63, 3.8) is 0 Å². The summed E-state index contributed by atoms with van der Waals surface area (Å²) in [6, 6.07) is 11.6. The Morgan fingerprint density at radius 1 is 1.33 bits per heavy atom. The van der Waals surface area contributed by atoms with Crippen LogP contribution >= 0.6 is 15.9 Å². The van der Waals surface area contributed by atoms with Gasteiger partial charge in [0.05, 0.1) is 17.7 Å². The summed E-state index contributed by atoms with van der Waals surface area (Å²) in [6.07, 6.45) is 1.60. The average molecular weight is 349 g/mol. The molecular formula is C16H17BrN2O2. The summed E-state index contributed by atoms with van der Waals surface area (Å²) < 4.78 is 6.70. The van der Waals surface area contributed by atoms with Gasteiger partial charge >= 0.3 is 0 Å². The zero-order valence-corrected chi connectivity index (χ0v) is 13.1. The van der Waals surface area contributed by atoms with Crippen molar-refractivity contribution in [2.24, 2.45) is 11.1 Å². The molecule has 2 unspecified atom stereocenters. The number of para-hydroxylation sites is 1. The summed E-state index contributed by atoms with van der Waals surface area (Å²) in [4.78, 5) is 4.29. The summed E-state index contributed by atoms with van der Waals surface area (Å²) in [7, 11) is 0. The Morgan fingerprint density at radius 3 is 2.86 bits per heavy atom. The molecule has 5 heteroatoms. The summed E-state index contributed by atoms with van der Waals surface area (Å²) in [5, 5.41) is 10.8. The Balaban J connectivity index is 1.93. The third-order valence-electron chi connectivity index (χ3n) is 4.05. The van der Waals surface area contributed by atoms with E-state index in [0.29, 0.717) is 25.3 Å². The lowest BCUT2D eigenvalue weighted by atomic mass is 9.74. The first-order chi connectivity index (χ1) is 10.1. The highest BCUT2D eigenvalue weighted by Crippen LogP contribution is 2.41. The molecule has 0 saturated heterocycles. The van der Waals surface area contributed by atoms with Crippen molar-refractivity contribution < 1.29 is 9.84 Å². The highest BCUT2D eigenvalue weighted by Gasteiger charge is 2.42. The number of pyridine rings is 1. The van der Waals surface area contributed by atoms with E-state index in [1.54, 1.807) is 6.20 Å². The van der Waals surface area contributed by atoms with E-state index in [4.69, 9.17) is 10.5 Å². The third kappa shape index (κ3) is 2.69. The summed E-state index contributed by atoms with van der Waals surface area (Å²) in [5.74, 6) is 0.873. The zero-order chi connectivity index (χ0) is 14.9. The van der Waals surface area contributed by atoms with E-state index in [2.05, 4.69) is 20.9 Å². The number of nitrogens with two attached hydrogens (primary N) is 1. The molecule has 1 aromatic heterocycles. The van der Waals surface area contributed by atoms with Gasteiger partial charge in [0, 0.05) is 17.2 Å². The van der Waals surface area contributed by atoms with E-state index in [0.717, 1.165) is 15.8 Å². The summed E-state index contributed by atoms with van der Waals surface area (Å²) in [5.41, 5.74) is 7.13. The monoisotopic (exact) mass is 348 g/mol.